The summed E-state index contributed by atoms with van der Waals surface area (Å²) in [5.74, 6) is -2.22. The number of halogens is 3. The Morgan fingerprint density at radius 1 is 1.12 bits per heavy atom. The van der Waals surface area contributed by atoms with E-state index in [2.05, 4.69) is 25.3 Å². The van der Waals surface area contributed by atoms with E-state index in [4.69, 9.17) is 0 Å². The summed E-state index contributed by atoms with van der Waals surface area (Å²) < 4.78 is 63.5. The average Bonchev–Trinajstić information content (AvgIpc) is 2.87. The molecule has 0 spiro atoms. The second-order valence-electron chi connectivity index (χ2n) is 11.0. The van der Waals surface area contributed by atoms with Gasteiger partial charge >= 0.3 is 5.76 Å². The van der Waals surface area contributed by atoms with Gasteiger partial charge in [-0.25, -0.2) is 27.8 Å². The zero-order chi connectivity index (χ0) is 28.8. The van der Waals surface area contributed by atoms with E-state index in [0.717, 1.165) is 16.3 Å². The molecule has 2 fully saturated rings. The second-order valence-corrected chi connectivity index (χ2v) is 13.1. The van der Waals surface area contributed by atoms with Crippen LogP contribution >= 0.6 is 0 Å². The molecule has 14 heteroatoms. The first-order valence-electron chi connectivity index (χ1n) is 13.1. The van der Waals surface area contributed by atoms with E-state index in [9.17, 15) is 26.7 Å². The van der Waals surface area contributed by atoms with Crippen molar-refractivity contribution in [3.63, 3.8) is 0 Å². The fourth-order valence-electron chi connectivity index (χ4n) is 5.18. The van der Waals surface area contributed by atoms with Gasteiger partial charge in [-0.3, -0.25) is 0 Å². The third-order valence-electron chi connectivity index (χ3n) is 7.45. The molecule has 2 saturated heterocycles. The van der Waals surface area contributed by atoms with Gasteiger partial charge in [-0.1, -0.05) is 13.8 Å². The predicted molar refractivity (Wildman–Crippen MR) is 147 cm³/mol. The summed E-state index contributed by atoms with van der Waals surface area (Å²) in [7, 11) is -4.42. The molecule has 0 radical (unpaired) electrons. The van der Waals surface area contributed by atoms with Crippen LogP contribution < -0.4 is 15.1 Å². The highest BCUT2D eigenvalue weighted by Crippen LogP contribution is 2.36. The van der Waals surface area contributed by atoms with Crippen LogP contribution in [0.2, 0.25) is 0 Å². The summed E-state index contributed by atoms with van der Waals surface area (Å²) in [6, 6.07) is 3.56. The summed E-state index contributed by atoms with van der Waals surface area (Å²) >= 11 is 0. The number of aromatic nitrogens is 4. The lowest BCUT2D eigenvalue weighted by Gasteiger charge is -2.40. The van der Waals surface area contributed by atoms with Crippen LogP contribution in [0.4, 0.5) is 36.6 Å². The van der Waals surface area contributed by atoms with Crippen LogP contribution in [-0.4, -0.2) is 82.9 Å². The number of piperidine rings is 1. The van der Waals surface area contributed by atoms with Crippen molar-refractivity contribution in [3.8, 4) is 0 Å². The maximum absolute atomic E-state index is 14.7. The smallest absolute Gasteiger partial charge is 0.336 e. The van der Waals surface area contributed by atoms with Crippen LogP contribution in [0, 0.1) is 5.92 Å². The van der Waals surface area contributed by atoms with Gasteiger partial charge in [-0.2, -0.15) is 13.8 Å². The van der Waals surface area contributed by atoms with Crippen LogP contribution in [-0.2, 0) is 9.84 Å². The average molecular weight is 580 g/mol. The Balaban J connectivity index is 1.37. The molecule has 0 saturated carbocycles. The first kappa shape index (κ1) is 28.3. The Morgan fingerprint density at radius 3 is 2.55 bits per heavy atom. The number of pyridine rings is 2. The fraction of sp³-hybridized carbons (Fsp3) is 0.538. The van der Waals surface area contributed by atoms with Gasteiger partial charge in [0.05, 0.1) is 18.4 Å². The summed E-state index contributed by atoms with van der Waals surface area (Å²) in [6.07, 6.45) is 4.26. The lowest BCUT2D eigenvalue weighted by atomic mass is 9.94. The van der Waals surface area contributed by atoms with Crippen LogP contribution in [0.1, 0.15) is 38.7 Å². The highest BCUT2D eigenvalue weighted by atomic mass is 32.2. The third-order valence-corrected chi connectivity index (χ3v) is 8.93. The van der Waals surface area contributed by atoms with Crippen molar-refractivity contribution in [2.45, 2.75) is 50.6 Å². The third kappa shape index (κ3) is 5.64. The highest BCUT2D eigenvalue weighted by molar-refractivity contribution is 7.91. The second kappa shape index (κ2) is 10.6. The number of aliphatic hydroxyl groups is 1. The van der Waals surface area contributed by atoms with Gasteiger partial charge in [0.1, 0.15) is 17.5 Å². The maximum atomic E-state index is 14.7. The van der Waals surface area contributed by atoms with Crippen molar-refractivity contribution in [1.82, 2.24) is 19.9 Å². The Labute approximate surface area is 230 Å². The summed E-state index contributed by atoms with van der Waals surface area (Å²) in [5, 5.41) is 14.8. The van der Waals surface area contributed by atoms with Crippen LogP contribution in [0.3, 0.4) is 0 Å². The van der Waals surface area contributed by atoms with Crippen molar-refractivity contribution in [1.29, 1.82) is 0 Å². The van der Waals surface area contributed by atoms with E-state index in [1.165, 1.54) is 6.92 Å². The fourth-order valence-corrected chi connectivity index (χ4v) is 6.19. The largest absolute Gasteiger partial charge is 0.390 e. The number of hydrogen-bond donors (Lipinski definition) is 2. The summed E-state index contributed by atoms with van der Waals surface area (Å²) in [5.41, 5.74) is -0.781. The molecule has 3 aromatic rings. The molecule has 2 aliphatic heterocycles. The quantitative estimate of drug-likeness (QED) is 0.409. The first-order chi connectivity index (χ1) is 18.8. The van der Waals surface area contributed by atoms with Gasteiger partial charge < -0.3 is 20.2 Å². The van der Waals surface area contributed by atoms with Crippen LogP contribution in [0.5, 0.6) is 0 Å². The SMILES string of the molecule is CC(C)c1cnc(N2CC(CS(=O)(=O)C(F)F)C2)c2cnc(Nc3ccnc(N4CC[C@@H](O)[C@@](C)(F)C4)n3)cc12. The first-order valence-corrected chi connectivity index (χ1v) is 14.8. The lowest BCUT2D eigenvalue weighted by molar-refractivity contribution is -0.00860. The predicted octanol–water partition coefficient (Wildman–Crippen LogP) is 3.66. The molecule has 3 aromatic heterocycles. The number of nitrogens with zero attached hydrogens (tertiary/aromatic N) is 6. The zero-order valence-corrected chi connectivity index (χ0v) is 23.2. The molecule has 0 unspecified atom stereocenters. The van der Waals surface area contributed by atoms with Crippen molar-refractivity contribution in [3.05, 3.63) is 36.3 Å². The van der Waals surface area contributed by atoms with Crippen LogP contribution in [0.25, 0.3) is 10.8 Å². The van der Waals surface area contributed by atoms with Gasteiger partial charge in [0.2, 0.25) is 15.8 Å². The number of nitrogens with one attached hydrogen (secondary N) is 1. The van der Waals surface area contributed by atoms with Gasteiger partial charge in [0.25, 0.3) is 0 Å². The zero-order valence-electron chi connectivity index (χ0n) is 22.4. The van der Waals surface area contributed by atoms with Crippen molar-refractivity contribution in [2.24, 2.45) is 5.92 Å². The van der Waals surface area contributed by atoms with Crippen molar-refractivity contribution < 1.29 is 26.7 Å². The molecule has 0 aromatic carbocycles. The Hall–Kier alpha value is -3.26. The number of rotatable bonds is 8. The molecule has 10 nitrogen and oxygen atoms in total. The number of aliphatic hydroxyl groups excluding tert-OH is 1. The molecule has 5 heterocycles. The molecule has 2 N–H and O–H groups in total. The van der Waals surface area contributed by atoms with E-state index < -0.39 is 33.1 Å². The standard InChI is InChI=1S/C26H32F3N7O3S/c1-15(2)18-9-32-23(36-11-16(12-36)13-40(38,39)24(27)28)19-10-31-22(8-17(18)19)33-21-4-6-30-25(34-21)35-7-5-20(37)26(3,29)14-35/h4,6,8-10,15-16,20,24,37H,5,7,11-14H2,1-3H3,(H,30,31,33,34)/t20-,26+/m1/s1. The number of anilines is 4. The molecule has 0 bridgehead atoms. The van der Waals surface area contributed by atoms with Gasteiger partial charge in [-0.05, 0) is 42.3 Å². The number of sulfone groups is 1. The molecular weight excluding hydrogens is 547 g/mol. The van der Waals surface area contributed by atoms with E-state index in [1.807, 2.05) is 24.8 Å². The Kier molecular flexibility index (Phi) is 7.50. The summed E-state index contributed by atoms with van der Waals surface area (Å²) in [6.45, 7) is 6.48. The summed E-state index contributed by atoms with van der Waals surface area (Å²) in [4.78, 5) is 21.5. The van der Waals surface area contributed by atoms with Crippen LogP contribution in [0.15, 0.2) is 30.7 Å². The minimum Gasteiger partial charge on any atom is -0.390 e. The van der Waals surface area contributed by atoms with Gasteiger partial charge in [-0.15, -0.1) is 0 Å². The van der Waals surface area contributed by atoms with Crippen molar-refractivity contribution in [2.75, 3.05) is 47.0 Å². The van der Waals surface area contributed by atoms with E-state index in [1.54, 1.807) is 29.6 Å². The van der Waals surface area contributed by atoms with E-state index >= 15 is 0 Å². The Morgan fingerprint density at radius 2 is 1.88 bits per heavy atom. The molecule has 216 valence electrons. The number of alkyl halides is 3. The molecule has 0 aliphatic carbocycles. The highest BCUT2D eigenvalue weighted by Gasteiger charge is 2.40. The minimum atomic E-state index is -4.42. The van der Waals surface area contributed by atoms with E-state index in [0.29, 0.717) is 43.0 Å². The molecule has 2 atom stereocenters. The monoisotopic (exact) mass is 579 g/mol. The van der Waals surface area contributed by atoms with Gasteiger partial charge in [0.15, 0.2) is 5.67 Å². The molecular formula is C26H32F3N7O3S. The Bertz CT molecular complexity index is 1500. The molecule has 2 aliphatic rings. The molecule has 5 rings (SSSR count). The number of fused-ring (bicyclic) bond motifs is 1. The topological polar surface area (TPSA) is 124 Å². The minimum absolute atomic E-state index is 0.0230. The maximum Gasteiger partial charge on any atom is 0.336 e. The molecule has 0 amide bonds. The number of hydrogen-bond acceptors (Lipinski definition) is 10. The lowest BCUT2D eigenvalue weighted by Crippen LogP contribution is -2.52. The molecule has 40 heavy (non-hydrogen) atoms. The van der Waals surface area contributed by atoms with E-state index in [-0.39, 0.29) is 24.8 Å². The normalized spacial score (nSPS) is 22.3. The van der Waals surface area contributed by atoms with Gasteiger partial charge in [0, 0.05) is 49.5 Å². The van der Waals surface area contributed by atoms with Crippen molar-refractivity contribution >= 4 is 44.0 Å².